The minimum Gasteiger partial charge on any atom is -0.459 e. The third-order valence-corrected chi connectivity index (χ3v) is 4.02. The molecule has 2 aromatic carbocycles. The number of benzene rings is 2. The molecule has 0 fully saturated rings. The fourth-order valence-electron chi connectivity index (χ4n) is 2.32. The lowest BCUT2D eigenvalue weighted by Gasteiger charge is -2.16. The molecule has 26 heavy (non-hydrogen) atoms. The summed E-state index contributed by atoms with van der Waals surface area (Å²) in [5.74, 6) is -2.07. The summed E-state index contributed by atoms with van der Waals surface area (Å²) in [4.78, 5) is 12.0. The summed E-state index contributed by atoms with van der Waals surface area (Å²) in [6.45, 7) is -0.307. The van der Waals surface area contributed by atoms with E-state index in [0.717, 1.165) is 24.5 Å². The fraction of sp³-hybridized carbons (Fsp3) is 0.278. The molecular weight excluding hydrogens is 366 g/mol. The van der Waals surface area contributed by atoms with Gasteiger partial charge in [0.05, 0.1) is 11.8 Å². The molecule has 0 bridgehead atoms. The molecule has 0 amide bonds. The SMILES string of the molecule is CS(=O)(=O)OC(CCc1cc(F)cc(F)c1)COC(=O)c1ccccc1. The zero-order valence-corrected chi connectivity index (χ0v) is 14.8. The molecule has 0 spiro atoms. The van der Waals surface area contributed by atoms with Gasteiger partial charge in [-0.05, 0) is 42.7 Å². The van der Waals surface area contributed by atoms with Crippen molar-refractivity contribution in [2.24, 2.45) is 0 Å². The van der Waals surface area contributed by atoms with Crippen LogP contribution in [0.25, 0.3) is 0 Å². The van der Waals surface area contributed by atoms with Crippen LogP contribution in [0.3, 0.4) is 0 Å². The predicted molar refractivity (Wildman–Crippen MR) is 91.1 cm³/mol. The number of halogens is 2. The molecule has 0 saturated heterocycles. The standard InChI is InChI=1S/C18H18F2O5S/c1-26(22,23)25-17(8-7-13-9-15(19)11-16(20)10-13)12-24-18(21)14-5-3-2-4-6-14/h2-6,9-11,17H,7-8,12H2,1H3. The van der Waals surface area contributed by atoms with Crippen LogP contribution in [0.5, 0.6) is 0 Å². The Morgan fingerprint density at radius 1 is 1.08 bits per heavy atom. The second-order valence-corrected chi connectivity index (χ2v) is 7.30. The number of ether oxygens (including phenoxy) is 1. The van der Waals surface area contributed by atoms with Gasteiger partial charge in [0, 0.05) is 6.07 Å². The van der Waals surface area contributed by atoms with Crippen molar-refractivity contribution in [3.8, 4) is 0 Å². The summed E-state index contributed by atoms with van der Waals surface area (Å²) < 4.78 is 59.3. The van der Waals surface area contributed by atoms with Crippen molar-refractivity contribution >= 4 is 16.1 Å². The summed E-state index contributed by atoms with van der Waals surface area (Å²) in [6.07, 6.45) is 0.153. The van der Waals surface area contributed by atoms with Crippen LogP contribution in [0.2, 0.25) is 0 Å². The predicted octanol–water partition coefficient (Wildman–Crippen LogP) is 3.10. The van der Waals surface area contributed by atoms with Crippen molar-refractivity contribution in [3.05, 3.63) is 71.3 Å². The molecule has 1 unspecified atom stereocenters. The molecule has 8 heteroatoms. The van der Waals surface area contributed by atoms with Gasteiger partial charge in [-0.1, -0.05) is 18.2 Å². The Bertz CT molecular complexity index is 833. The molecule has 0 radical (unpaired) electrons. The van der Waals surface area contributed by atoms with E-state index in [2.05, 4.69) is 0 Å². The Hall–Kier alpha value is -2.32. The molecule has 1 atom stereocenters. The van der Waals surface area contributed by atoms with Crippen molar-refractivity contribution in [3.63, 3.8) is 0 Å². The quantitative estimate of drug-likeness (QED) is 0.517. The third kappa shape index (κ3) is 6.89. The van der Waals surface area contributed by atoms with Crippen LogP contribution in [0.4, 0.5) is 8.78 Å². The minimum absolute atomic E-state index is 0.0953. The molecule has 0 aromatic heterocycles. The summed E-state index contributed by atoms with van der Waals surface area (Å²) in [5.41, 5.74) is 0.664. The van der Waals surface area contributed by atoms with Crippen LogP contribution >= 0.6 is 0 Å². The Labute approximate surface area is 150 Å². The molecule has 0 aliphatic carbocycles. The molecule has 2 aromatic rings. The van der Waals surface area contributed by atoms with E-state index in [4.69, 9.17) is 8.92 Å². The van der Waals surface area contributed by atoms with Gasteiger partial charge in [-0.15, -0.1) is 0 Å². The molecule has 0 aliphatic heterocycles. The zero-order chi connectivity index (χ0) is 19.2. The highest BCUT2D eigenvalue weighted by molar-refractivity contribution is 7.86. The van der Waals surface area contributed by atoms with Crippen LogP contribution in [0.1, 0.15) is 22.3 Å². The van der Waals surface area contributed by atoms with Gasteiger partial charge in [0.25, 0.3) is 10.1 Å². The largest absolute Gasteiger partial charge is 0.459 e. The van der Waals surface area contributed by atoms with Crippen molar-refractivity contribution in [2.45, 2.75) is 18.9 Å². The summed E-state index contributed by atoms with van der Waals surface area (Å²) in [5, 5.41) is 0. The highest BCUT2D eigenvalue weighted by atomic mass is 32.2. The average molecular weight is 384 g/mol. The summed E-state index contributed by atoms with van der Waals surface area (Å²) in [7, 11) is -3.80. The van der Waals surface area contributed by atoms with Crippen LogP contribution in [0.15, 0.2) is 48.5 Å². The van der Waals surface area contributed by atoms with E-state index in [1.165, 1.54) is 0 Å². The second-order valence-electron chi connectivity index (χ2n) is 5.70. The van der Waals surface area contributed by atoms with E-state index in [0.29, 0.717) is 11.1 Å². The summed E-state index contributed by atoms with van der Waals surface area (Å²) >= 11 is 0. The van der Waals surface area contributed by atoms with E-state index >= 15 is 0 Å². The van der Waals surface area contributed by atoms with Gasteiger partial charge < -0.3 is 4.74 Å². The Balaban J connectivity index is 2.00. The fourth-order valence-corrected chi connectivity index (χ4v) is 2.96. The first kappa shape index (κ1) is 20.0. The zero-order valence-electron chi connectivity index (χ0n) is 14.0. The maximum absolute atomic E-state index is 13.2. The lowest BCUT2D eigenvalue weighted by molar-refractivity contribution is 0.0309. The Kier molecular flexibility index (Phi) is 6.82. The van der Waals surface area contributed by atoms with E-state index in [1.807, 2.05) is 0 Å². The van der Waals surface area contributed by atoms with Crippen molar-refractivity contribution in [1.29, 1.82) is 0 Å². The van der Waals surface area contributed by atoms with Gasteiger partial charge in [-0.3, -0.25) is 4.18 Å². The number of hydrogen-bond donors (Lipinski definition) is 0. The van der Waals surface area contributed by atoms with Crippen molar-refractivity contribution < 1.29 is 30.9 Å². The lowest BCUT2D eigenvalue weighted by atomic mass is 10.1. The van der Waals surface area contributed by atoms with E-state index in [-0.39, 0.29) is 19.4 Å². The summed E-state index contributed by atoms with van der Waals surface area (Å²) in [6, 6.07) is 11.2. The number of esters is 1. The highest BCUT2D eigenvalue weighted by Gasteiger charge is 2.19. The molecule has 0 aliphatic rings. The molecule has 0 saturated carbocycles. The van der Waals surface area contributed by atoms with Gasteiger partial charge in [0.2, 0.25) is 0 Å². The van der Waals surface area contributed by atoms with Crippen molar-refractivity contribution in [1.82, 2.24) is 0 Å². The molecule has 0 heterocycles. The first-order chi connectivity index (χ1) is 12.2. The minimum atomic E-state index is -3.80. The maximum Gasteiger partial charge on any atom is 0.338 e. The van der Waals surface area contributed by atoms with Crippen LogP contribution in [0, 0.1) is 11.6 Å². The molecule has 5 nitrogen and oxygen atoms in total. The molecular formula is C18H18F2O5S. The Morgan fingerprint density at radius 2 is 1.69 bits per heavy atom. The highest BCUT2D eigenvalue weighted by Crippen LogP contribution is 2.14. The van der Waals surface area contributed by atoms with E-state index < -0.39 is 33.8 Å². The third-order valence-electron chi connectivity index (χ3n) is 3.40. The van der Waals surface area contributed by atoms with Crippen molar-refractivity contribution in [2.75, 3.05) is 12.9 Å². The number of rotatable bonds is 8. The maximum atomic E-state index is 13.2. The van der Waals surface area contributed by atoms with Gasteiger partial charge in [0.15, 0.2) is 0 Å². The smallest absolute Gasteiger partial charge is 0.338 e. The lowest BCUT2D eigenvalue weighted by Crippen LogP contribution is -2.25. The monoisotopic (exact) mass is 384 g/mol. The van der Waals surface area contributed by atoms with Gasteiger partial charge >= 0.3 is 5.97 Å². The van der Waals surface area contributed by atoms with Gasteiger partial charge in [-0.25, -0.2) is 13.6 Å². The van der Waals surface area contributed by atoms with Crippen LogP contribution < -0.4 is 0 Å². The first-order valence-electron chi connectivity index (χ1n) is 7.78. The molecule has 140 valence electrons. The molecule has 0 N–H and O–H groups in total. The number of carbonyl (C=O) groups is 1. The first-order valence-corrected chi connectivity index (χ1v) is 9.60. The van der Waals surface area contributed by atoms with Gasteiger partial charge in [-0.2, -0.15) is 8.42 Å². The number of aryl methyl sites for hydroxylation is 1. The Morgan fingerprint density at radius 3 is 2.27 bits per heavy atom. The topological polar surface area (TPSA) is 69.7 Å². The van der Waals surface area contributed by atoms with Crippen LogP contribution in [-0.4, -0.2) is 33.4 Å². The number of hydrogen-bond acceptors (Lipinski definition) is 5. The molecule has 2 rings (SSSR count). The van der Waals surface area contributed by atoms with E-state index in [9.17, 15) is 22.0 Å². The average Bonchev–Trinajstić information content (AvgIpc) is 2.56. The normalized spacial score (nSPS) is 12.6. The van der Waals surface area contributed by atoms with Crippen LogP contribution in [-0.2, 0) is 25.5 Å². The second kappa shape index (κ2) is 8.86. The number of carbonyl (C=O) groups excluding carboxylic acids is 1. The van der Waals surface area contributed by atoms with Gasteiger partial charge in [0.1, 0.15) is 24.3 Å². The van der Waals surface area contributed by atoms with E-state index in [1.54, 1.807) is 30.3 Å².